The number of rotatable bonds is 15. The minimum absolute atomic E-state index is 0.0129. The molecule has 73 heavy (non-hydrogen) atoms. The van der Waals surface area contributed by atoms with Gasteiger partial charge in [0.25, 0.3) is 0 Å². The molecule has 18 nitrogen and oxygen atoms in total. The lowest BCUT2D eigenvalue weighted by Gasteiger charge is -2.29. The Balaban J connectivity index is 1.38. The number of aromatic amines is 1. The van der Waals surface area contributed by atoms with E-state index in [1.807, 2.05) is 66.7 Å². The highest BCUT2D eigenvalue weighted by Crippen LogP contribution is 2.25. The van der Waals surface area contributed by atoms with Crippen molar-refractivity contribution < 1.29 is 38.7 Å². The zero-order chi connectivity index (χ0) is 52.6. The van der Waals surface area contributed by atoms with E-state index in [0.717, 1.165) is 38.0 Å². The third kappa shape index (κ3) is 16.2. The molecule has 0 saturated carbocycles. The van der Waals surface area contributed by atoms with Crippen LogP contribution in [0.5, 0.6) is 5.75 Å². The first-order valence-corrected chi connectivity index (χ1v) is 27.1. The van der Waals surface area contributed by atoms with Gasteiger partial charge in [-0.1, -0.05) is 108 Å². The van der Waals surface area contributed by atoms with E-state index >= 15 is 0 Å². The lowest BCUT2D eigenvalue weighted by atomic mass is 10.00. The van der Waals surface area contributed by atoms with Gasteiger partial charge in [0, 0.05) is 47.5 Å². The smallest absolute Gasteiger partial charge is 0.244 e. The molecule has 4 aromatic carbocycles. The molecule has 1 aromatic heterocycles. The van der Waals surface area contributed by atoms with Gasteiger partial charge < -0.3 is 58.8 Å². The molecule has 7 atom stereocenters. The number of hydrogen-bond donors (Lipinski definition) is 11. The Labute approximate surface area is 433 Å². The summed E-state index contributed by atoms with van der Waals surface area (Å²) < 4.78 is 0. The van der Waals surface area contributed by atoms with Crippen LogP contribution in [0.2, 0.25) is 0 Å². The number of nitrogens with one attached hydrogen (secondary N) is 8. The van der Waals surface area contributed by atoms with E-state index in [1.54, 1.807) is 46.0 Å². The molecule has 13 N–H and O–H groups in total. The summed E-state index contributed by atoms with van der Waals surface area (Å²) in [5.74, 6) is -5.16. The summed E-state index contributed by atoms with van der Waals surface area (Å²) in [5.41, 5.74) is 15.2. The number of H-pyrrole nitrogens is 1. The molecule has 0 spiro atoms. The predicted molar refractivity (Wildman–Crippen MR) is 287 cm³/mol. The first kappa shape index (κ1) is 55.7. The van der Waals surface area contributed by atoms with E-state index in [4.69, 9.17) is 11.5 Å². The molecular weight excluding hydrogens is 969 g/mol. The SMILES string of the molecule is CC(C)NC(=O)[C@@H]1CSSC[C@@H](NC(=O)[C@@H](N)Cc2ccc3ccccc3c2)C(=O)N[C@@H](Cc2ccc(O)cc2)C(=O)N[C@H](Cc2c[nH]c3ccccc23)C(=O)N[C@@H](CCCCN)C(=O)N[C@@H](C(C)C)C(=O)N1. The number of unbranched alkanes of at least 4 members (excludes halogenated alkanes) is 1. The Bertz CT molecular complexity index is 2720. The molecule has 0 aliphatic carbocycles. The molecule has 20 heteroatoms. The van der Waals surface area contributed by atoms with Crippen LogP contribution in [0.25, 0.3) is 21.7 Å². The van der Waals surface area contributed by atoms with E-state index in [2.05, 4.69) is 42.2 Å². The van der Waals surface area contributed by atoms with Gasteiger partial charge in [-0.3, -0.25) is 33.6 Å². The molecule has 2 heterocycles. The Morgan fingerprint density at radius 2 is 1.33 bits per heavy atom. The maximum Gasteiger partial charge on any atom is 0.244 e. The predicted octanol–water partition coefficient (Wildman–Crippen LogP) is 3.00. The van der Waals surface area contributed by atoms with Crippen molar-refractivity contribution >= 4 is 84.6 Å². The third-order valence-electron chi connectivity index (χ3n) is 12.4. The summed E-state index contributed by atoms with van der Waals surface area (Å²) in [4.78, 5) is 104. The largest absolute Gasteiger partial charge is 0.508 e. The van der Waals surface area contributed by atoms with Crippen molar-refractivity contribution in [3.8, 4) is 5.75 Å². The van der Waals surface area contributed by atoms with Gasteiger partial charge in [-0.2, -0.15) is 0 Å². The molecule has 390 valence electrons. The molecular formula is C53H68N10O8S2. The second-order valence-corrected chi connectivity index (χ2v) is 21.5. The number of benzene rings is 4. The average Bonchev–Trinajstić information content (AvgIpc) is 3.77. The van der Waals surface area contributed by atoms with Crippen LogP contribution < -0.4 is 48.7 Å². The molecule has 1 aliphatic rings. The number of para-hydroxylation sites is 1. The highest BCUT2D eigenvalue weighted by Gasteiger charge is 2.36. The van der Waals surface area contributed by atoms with Gasteiger partial charge >= 0.3 is 0 Å². The highest BCUT2D eigenvalue weighted by atomic mass is 33.1. The highest BCUT2D eigenvalue weighted by molar-refractivity contribution is 8.76. The lowest BCUT2D eigenvalue weighted by Crippen LogP contribution is -2.61. The van der Waals surface area contributed by atoms with Gasteiger partial charge in [-0.15, -0.1) is 0 Å². The number of phenols is 1. The zero-order valence-electron chi connectivity index (χ0n) is 41.6. The van der Waals surface area contributed by atoms with Crippen LogP contribution in [0.3, 0.4) is 0 Å². The summed E-state index contributed by atoms with van der Waals surface area (Å²) >= 11 is 0. The second-order valence-electron chi connectivity index (χ2n) is 19.0. The molecule has 0 unspecified atom stereocenters. The van der Waals surface area contributed by atoms with E-state index in [1.165, 1.54) is 22.9 Å². The number of fused-ring (bicyclic) bond motifs is 2. The van der Waals surface area contributed by atoms with E-state index < -0.39 is 89.6 Å². The standard InChI is InChI=1S/C53H68N10O8S2/c1-30(2)46-53(71)62-44(51(69)57-31(3)4)28-72-73-29-45(61-47(65)39(55)24-33-16-19-34-11-5-6-12-35(34)23-33)52(70)59-42(25-32-17-20-37(64)21-18-32)49(67)60-43(26-36-27-56-40-14-8-7-13-38(36)40)50(68)58-41(48(66)63-46)15-9-10-22-54/h5-8,11-14,16-21,23,27,30-31,39,41-46,56,64H,9-10,15,22,24-26,28-29,54-55H2,1-4H3,(H,57,69)(H,58,68)(H,59,70)(H,60,67)(H,61,65)(H,62,71)(H,63,66)/t39-,41-,42-,43+,44-,45+,46-/m0/s1. The Kier molecular flexibility index (Phi) is 20.5. The molecule has 1 aliphatic heterocycles. The molecule has 0 radical (unpaired) electrons. The van der Waals surface area contributed by atoms with Gasteiger partial charge in [0.2, 0.25) is 41.4 Å². The quantitative estimate of drug-likeness (QED) is 0.0533. The Hall–Kier alpha value is -6.61. The van der Waals surface area contributed by atoms with Crippen molar-refractivity contribution in [1.29, 1.82) is 0 Å². The van der Waals surface area contributed by atoms with Gasteiger partial charge in [0.15, 0.2) is 0 Å². The van der Waals surface area contributed by atoms with Crippen LogP contribution in [-0.2, 0) is 52.8 Å². The Morgan fingerprint density at radius 1 is 0.699 bits per heavy atom. The number of amides is 7. The molecule has 0 bridgehead atoms. The third-order valence-corrected chi connectivity index (χ3v) is 14.8. The number of carbonyl (C=O) groups is 7. The average molecular weight is 1040 g/mol. The minimum Gasteiger partial charge on any atom is -0.508 e. The maximum atomic E-state index is 14.8. The molecule has 1 saturated heterocycles. The normalized spacial score (nSPS) is 21.4. The van der Waals surface area contributed by atoms with Crippen LogP contribution in [0.4, 0.5) is 0 Å². The van der Waals surface area contributed by atoms with Crippen LogP contribution in [-0.4, -0.2) is 118 Å². The summed E-state index contributed by atoms with van der Waals surface area (Å²) in [5, 5.41) is 32.8. The van der Waals surface area contributed by atoms with Crippen molar-refractivity contribution in [2.75, 3.05) is 18.1 Å². The van der Waals surface area contributed by atoms with Gasteiger partial charge in [-0.05, 0) is 97.7 Å². The van der Waals surface area contributed by atoms with E-state index in [-0.39, 0.29) is 49.0 Å². The number of nitrogens with two attached hydrogens (primary N) is 2. The van der Waals surface area contributed by atoms with Crippen molar-refractivity contribution in [2.24, 2.45) is 17.4 Å². The van der Waals surface area contributed by atoms with Gasteiger partial charge in [-0.25, -0.2) is 0 Å². The van der Waals surface area contributed by atoms with Crippen molar-refractivity contribution in [2.45, 2.75) is 115 Å². The second kappa shape index (κ2) is 26.9. The number of aromatic hydroxyl groups is 1. The first-order chi connectivity index (χ1) is 35.0. The summed E-state index contributed by atoms with van der Waals surface area (Å²) in [6.45, 7) is 7.37. The van der Waals surface area contributed by atoms with Gasteiger partial charge in [0.05, 0.1) is 6.04 Å². The van der Waals surface area contributed by atoms with Crippen molar-refractivity contribution in [1.82, 2.24) is 42.2 Å². The van der Waals surface area contributed by atoms with Crippen LogP contribution >= 0.6 is 21.6 Å². The molecule has 1 fully saturated rings. The van der Waals surface area contributed by atoms with Crippen molar-refractivity contribution in [3.63, 3.8) is 0 Å². The maximum absolute atomic E-state index is 14.8. The summed E-state index contributed by atoms with van der Waals surface area (Å²) in [6, 6.07) is 18.3. The number of aromatic nitrogens is 1. The molecule has 7 amide bonds. The number of hydrogen-bond acceptors (Lipinski definition) is 12. The van der Waals surface area contributed by atoms with E-state index in [0.29, 0.717) is 30.5 Å². The fourth-order valence-electron chi connectivity index (χ4n) is 8.41. The zero-order valence-corrected chi connectivity index (χ0v) is 43.2. The number of phenolic OH excluding ortho intramolecular Hbond substituents is 1. The number of carbonyl (C=O) groups excluding carboxylic acids is 7. The Morgan fingerprint density at radius 3 is 2.04 bits per heavy atom. The van der Waals surface area contributed by atoms with Gasteiger partial charge in [0.1, 0.15) is 42.0 Å². The fraction of sp³-hybridized carbons (Fsp3) is 0.415. The molecule has 6 rings (SSSR count). The summed E-state index contributed by atoms with van der Waals surface area (Å²) in [6.07, 6.45) is 2.84. The topological polar surface area (TPSA) is 292 Å². The fourth-order valence-corrected chi connectivity index (χ4v) is 10.7. The van der Waals surface area contributed by atoms with Crippen molar-refractivity contribution in [3.05, 3.63) is 114 Å². The van der Waals surface area contributed by atoms with Crippen LogP contribution in [0, 0.1) is 5.92 Å². The lowest BCUT2D eigenvalue weighted by molar-refractivity contribution is -0.135. The monoisotopic (exact) mass is 1040 g/mol. The summed E-state index contributed by atoms with van der Waals surface area (Å²) in [7, 11) is 2.32. The van der Waals surface area contributed by atoms with Crippen LogP contribution in [0.1, 0.15) is 63.6 Å². The minimum atomic E-state index is -1.35. The first-order valence-electron chi connectivity index (χ1n) is 24.6. The van der Waals surface area contributed by atoms with E-state index in [9.17, 15) is 38.7 Å². The molecule has 5 aromatic rings. The van der Waals surface area contributed by atoms with Crippen LogP contribution in [0.15, 0.2) is 97.2 Å².